The Bertz CT molecular complexity index is 575. The zero-order chi connectivity index (χ0) is 14.7. The van der Waals surface area contributed by atoms with Crippen LogP contribution in [0.15, 0.2) is 24.4 Å². The summed E-state index contributed by atoms with van der Waals surface area (Å²) in [5.74, 6) is 6.02. The molecule has 0 spiro atoms. The largest absolute Gasteiger partial charge is 0.493 e. The predicted octanol–water partition coefficient (Wildman–Crippen LogP) is 1.91. The number of halogens is 1. The quantitative estimate of drug-likeness (QED) is 0.648. The number of ether oxygens (including phenoxy) is 1. The highest BCUT2D eigenvalue weighted by Gasteiger charge is 2.24. The number of aromatic nitrogens is 2. The summed E-state index contributed by atoms with van der Waals surface area (Å²) in [4.78, 5) is 0. The molecule has 0 radical (unpaired) electrons. The first-order valence-corrected chi connectivity index (χ1v) is 6.44. The summed E-state index contributed by atoms with van der Waals surface area (Å²) in [6.45, 7) is 4.56. The summed E-state index contributed by atoms with van der Waals surface area (Å²) in [7, 11) is 1.58. The summed E-state index contributed by atoms with van der Waals surface area (Å²) in [6.07, 6.45) is 1.64. The van der Waals surface area contributed by atoms with E-state index in [2.05, 4.69) is 10.5 Å². The number of aryl methyl sites for hydroxylation is 2. The molecule has 1 aromatic heterocycles. The van der Waals surface area contributed by atoms with Crippen LogP contribution in [0.2, 0.25) is 0 Å². The SMILES string of the molecule is CCn1ncc(OC)c1C(NN)c1cc(F)ccc1C. The van der Waals surface area contributed by atoms with Gasteiger partial charge in [0.05, 0.1) is 19.3 Å². The Kier molecular flexibility index (Phi) is 4.36. The molecule has 0 saturated heterocycles. The van der Waals surface area contributed by atoms with Crippen LogP contribution in [0.1, 0.15) is 29.8 Å². The van der Waals surface area contributed by atoms with Crippen LogP contribution in [0, 0.1) is 12.7 Å². The van der Waals surface area contributed by atoms with Gasteiger partial charge in [-0.1, -0.05) is 6.07 Å². The molecule has 3 N–H and O–H groups in total. The van der Waals surface area contributed by atoms with Crippen molar-refractivity contribution in [1.82, 2.24) is 15.2 Å². The van der Waals surface area contributed by atoms with Crippen molar-refractivity contribution < 1.29 is 9.13 Å². The van der Waals surface area contributed by atoms with Gasteiger partial charge in [0.15, 0.2) is 5.75 Å². The van der Waals surface area contributed by atoms with Crippen LogP contribution in [0.4, 0.5) is 4.39 Å². The number of hydrogen-bond acceptors (Lipinski definition) is 4. The van der Waals surface area contributed by atoms with Crippen molar-refractivity contribution in [2.45, 2.75) is 26.4 Å². The summed E-state index contributed by atoms with van der Waals surface area (Å²) >= 11 is 0. The van der Waals surface area contributed by atoms with Gasteiger partial charge in [-0.05, 0) is 37.1 Å². The molecule has 1 aromatic carbocycles. The fraction of sp³-hybridized carbons (Fsp3) is 0.357. The number of nitrogens with two attached hydrogens (primary N) is 1. The van der Waals surface area contributed by atoms with E-state index in [0.717, 1.165) is 16.8 Å². The van der Waals surface area contributed by atoms with Gasteiger partial charge in [0.2, 0.25) is 0 Å². The molecule has 1 atom stereocenters. The van der Waals surface area contributed by atoms with Crippen LogP contribution in [-0.2, 0) is 6.54 Å². The third-order valence-corrected chi connectivity index (χ3v) is 3.36. The minimum absolute atomic E-state index is 0.299. The van der Waals surface area contributed by atoms with Gasteiger partial charge in [-0.2, -0.15) is 5.10 Å². The maximum absolute atomic E-state index is 13.5. The number of hydrogen-bond donors (Lipinski definition) is 2. The predicted molar refractivity (Wildman–Crippen MR) is 74.8 cm³/mol. The molecule has 0 saturated carbocycles. The summed E-state index contributed by atoms with van der Waals surface area (Å²) < 4.78 is 20.6. The Morgan fingerprint density at radius 2 is 2.25 bits per heavy atom. The van der Waals surface area contributed by atoms with Crippen LogP contribution in [-0.4, -0.2) is 16.9 Å². The highest BCUT2D eigenvalue weighted by molar-refractivity contribution is 5.40. The van der Waals surface area contributed by atoms with E-state index in [1.807, 2.05) is 13.8 Å². The minimum Gasteiger partial charge on any atom is -0.493 e. The second-order valence-corrected chi connectivity index (χ2v) is 4.51. The van der Waals surface area contributed by atoms with E-state index in [4.69, 9.17) is 10.6 Å². The third kappa shape index (κ3) is 2.52. The lowest BCUT2D eigenvalue weighted by Gasteiger charge is -2.21. The Morgan fingerprint density at radius 3 is 2.85 bits per heavy atom. The van der Waals surface area contributed by atoms with Gasteiger partial charge in [0, 0.05) is 6.54 Å². The van der Waals surface area contributed by atoms with E-state index in [0.29, 0.717) is 12.3 Å². The van der Waals surface area contributed by atoms with Gasteiger partial charge < -0.3 is 4.74 Å². The molecule has 5 nitrogen and oxygen atoms in total. The fourth-order valence-corrected chi connectivity index (χ4v) is 2.32. The van der Waals surface area contributed by atoms with Crippen molar-refractivity contribution in [3.05, 3.63) is 47.0 Å². The molecule has 0 aliphatic carbocycles. The van der Waals surface area contributed by atoms with Crippen molar-refractivity contribution in [1.29, 1.82) is 0 Å². The number of rotatable bonds is 5. The van der Waals surface area contributed by atoms with Crippen molar-refractivity contribution in [2.24, 2.45) is 5.84 Å². The molecule has 1 heterocycles. The molecule has 2 rings (SSSR count). The van der Waals surface area contributed by atoms with Crippen molar-refractivity contribution in [3.63, 3.8) is 0 Å². The average molecular weight is 278 g/mol. The van der Waals surface area contributed by atoms with Crippen molar-refractivity contribution in [3.8, 4) is 5.75 Å². The van der Waals surface area contributed by atoms with E-state index in [9.17, 15) is 4.39 Å². The second-order valence-electron chi connectivity index (χ2n) is 4.51. The Labute approximate surface area is 117 Å². The van der Waals surface area contributed by atoms with E-state index in [-0.39, 0.29) is 11.9 Å². The minimum atomic E-state index is -0.386. The van der Waals surface area contributed by atoms with Gasteiger partial charge in [-0.3, -0.25) is 10.5 Å². The lowest BCUT2D eigenvalue weighted by molar-refractivity contribution is 0.399. The van der Waals surface area contributed by atoms with Crippen LogP contribution < -0.4 is 16.0 Å². The molecule has 0 aliphatic heterocycles. The lowest BCUT2D eigenvalue weighted by atomic mass is 9.98. The zero-order valence-corrected chi connectivity index (χ0v) is 11.9. The number of benzene rings is 1. The van der Waals surface area contributed by atoms with Crippen molar-refractivity contribution >= 4 is 0 Å². The highest BCUT2D eigenvalue weighted by Crippen LogP contribution is 2.31. The molecule has 0 bridgehead atoms. The molecule has 0 fully saturated rings. The topological polar surface area (TPSA) is 65.1 Å². The third-order valence-electron chi connectivity index (χ3n) is 3.36. The number of nitrogens with zero attached hydrogens (tertiary/aromatic N) is 2. The van der Waals surface area contributed by atoms with Crippen LogP contribution >= 0.6 is 0 Å². The number of methoxy groups -OCH3 is 1. The van der Waals surface area contributed by atoms with Crippen LogP contribution in [0.5, 0.6) is 5.75 Å². The molecule has 0 amide bonds. The van der Waals surface area contributed by atoms with Gasteiger partial charge in [0.1, 0.15) is 11.5 Å². The Hall–Kier alpha value is -1.92. The number of nitrogens with one attached hydrogen (secondary N) is 1. The fourth-order valence-electron chi connectivity index (χ4n) is 2.32. The monoisotopic (exact) mass is 278 g/mol. The van der Waals surface area contributed by atoms with E-state index in [1.165, 1.54) is 12.1 Å². The van der Waals surface area contributed by atoms with Gasteiger partial charge in [-0.15, -0.1) is 0 Å². The lowest BCUT2D eigenvalue weighted by Crippen LogP contribution is -2.31. The highest BCUT2D eigenvalue weighted by atomic mass is 19.1. The molecule has 2 aromatic rings. The molecule has 0 aliphatic rings. The number of hydrazine groups is 1. The summed E-state index contributed by atoms with van der Waals surface area (Å²) in [5.41, 5.74) is 5.22. The first-order chi connectivity index (χ1) is 9.62. The molecular weight excluding hydrogens is 259 g/mol. The van der Waals surface area contributed by atoms with E-state index >= 15 is 0 Å². The maximum Gasteiger partial charge on any atom is 0.161 e. The van der Waals surface area contributed by atoms with E-state index < -0.39 is 0 Å². The van der Waals surface area contributed by atoms with Gasteiger partial charge >= 0.3 is 0 Å². The zero-order valence-electron chi connectivity index (χ0n) is 11.9. The average Bonchev–Trinajstić information content (AvgIpc) is 2.86. The first-order valence-electron chi connectivity index (χ1n) is 6.44. The van der Waals surface area contributed by atoms with E-state index in [1.54, 1.807) is 24.1 Å². The van der Waals surface area contributed by atoms with Crippen LogP contribution in [0.25, 0.3) is 0 Å². The molecule has 6 heteroatoms. The Morgan fingerprint density at radius 1 is 1.50 bits per heavy atom. The van der Waals surface area contributed by atoms with Crippen LogP contribution in [0.3, 0.4) is 0 Å². The van der Waals surface area contributed by atoms with Gasteiger partial charge in [0.25, 0.3) is 0 Å². The normalized spacial score (nSPS) is 12.4. The van der Waals surface area contributed by atoms with Gasteiger partial charge in [-0.25, -0.2) is 9.82 Å². The standard InChI is InChI=1S/C14H19FN4O/c1-4-19-14(12(20-3)8-17-19)13(18-16)11-7-10(15)6-5-9(11)2/h5-8,13,18H,4,16H2,1-3H3. The molecule has 108 valence electrons. The summed E-state index contributed by atoms with van der Waals surface area (Å²) in [6, 6.07) is 4.25. The maximum atomic E-state index is 13.5. The molecule has 20 heavy (non-hydrogen) atoms. The molecule has 1 unspecified atom stereocenters. The second kappa shape index (κ2) is 6.02. The summed E-state index contributed by atoms with van der Waals surface area (Å²) in [5, 5.41) is 4.25. The molecular formula is C14H19FN4O. The van der Waals surface area contributed by atoms with Crippen molar-refractivity contribution in [2.75, 3.05) is 7.11 Å². The smallest absolute Gasteiger partial charge is 0.161 e. The first kappa shape index (κ1) is 14.5. The Balaban J connectivity index is 2.57.